The maximum atomic E-state index is 11.4. The lowest BCUT2D eigenvalue weighted by Gasteiger charge is -2.06. The highest BCUT2D eigenvalue weighted by Gasteiger charge is 2.11. The fourth-order valence-electron chi connectivity index (χ4n) is 1.20. The first-order valence-corrected chi connectivity index (χ1v) is 6.80. The topological polar surface area (TPSA) is 84.5 Å². The molecule has 0 atom stereocenters. The van der Waals surface area contributed by atoms with Crippen LogP contribution in [0.15, 0.2) is 16.8 Å². The smallest absolute Gasteiger partial charge is 0.321 e. The van der Waals surface area contributed by atoms with Crippen LogP contribution in [0.3, 0.4) is 0 Å². The van der Waals surface area contributed by atoms with Crippen LogP contribution in [0.5, 0.6) is 0 Å². The van der Waals surface area contributed by atoms with E-state index in [0.717, 1.165) is 12.0 Å². The average molecular weight is 284 g/mol. The van der Waals surface area contributed by atoms with Crippen LogP contribution >= 0.6 is 11.3 Å². The molecule has 0 aliphatic carbocycles. The molecule has 3 amide bonds. The van der Waals surface area contributed by atoms with E-state index in [0.29, 0.717) is 6.54 Å². The van der Waals surface area contributed by atoms with Gasteiger partial charge < -0.3 is 10.1 Å². The molecule has 0 aromatic carbocycles. The van der Waals surface area contributed by atoms with E-state index in [1.807, 2.05) is 23.8 Å². The maximum absolute atomic E-state index is 11.4. The number of rotatable bonds is 6. The summed E-state index contributed by atoms with van der Waals surface area (Å²) in [6, 6.07) is 1.23. The van der Waals surface area contributed by atoms with Gasteiger partial charge >= 0.3 is 12.0 Å². The van der Waals surface area contributed by atoms with Gasteiger partial charge in [-0.25, -0.2) is 4.79 Å². The molecule has 0 aliphatic heterocycles. The van der Waals surface area contributed by atoms with Gasteiger partial charge in [-0.1, -0.05) is 6.92 Å². The molecule has 0 radical (unpaired) electrons. The third kappa shape index (κ3) is 6.56. The zero-order chi connectivity index (χ0) is 14.1. The van der Waals surface area contributed by atoms with E-state index in [9.17, 15) is 14.4 Å². The molecule has 0 aliphatic rings. The van der Waals surface area contributed by atoms with Crippen LogP contribution in [0.25, 0.3) is 0 Å². The fraction of sp³-hybridized carbons (Fsp3) is 0.417. The van der Waals surface area contributed by atoms with Crippen molar-refractivity contribution < 1.29 is 19.1 Å². The molecule has 0 fully saturated rings. The van der Waals surface area contributed by atoms with Gasteiger partial charge in [-0.2, -0.15) is 11.3 Å². The number of carbonyl (C=O) groups excluding carboxylic acids is 3. The van der Waals surface area contributed by atoms with Crippen molar-refractivity contribution in [3.63, 3.8) is 0 Å². The number of nitrogens with one attached hydrogen (secondary N) is 2. The van der Waals surface area contributed by atoms with Gasteiger partial charge in [0.05, 0.1) is 6.42 Å². The summed E-state index contributed by atoms with van der Waals surface area (Å²) in [5, 5.41) is 8.23. The lowest BCUT2D eigenvalue weighted by molar-refractivity contribution is -0.147. The SMILES string of the molecule is CCCNC(=O)NC(=O)COC(=O)Cc1ccsc1. The Morgan fingerprint density at radius 2 is 2.16 bits per heavy atom. The minimum atomic E-state index is -0.646. The molecule has 19 heavy (non-hydrogen) atoms. The second-order valence-corrected chi connectivity index (χ2v) is 4.55. The lowest BCUT2D eigenvalue weighted by Crippen LogP contribution is -2.41. The molecule has 104 valence electrons. The van der Waals surface area contributed by atoms with Crippen molar-refractivity contribution in [3.8, 4) is 0 Å². The van der Waals surface area contributed by atoms with Gasteiger partial charge in [0.2, 0.25) is 0 Å². The minimum absolute atomic E-state index is 0.124. The van der Waals surface area contributed by atoms with E-state index in [4.69, 9.17) is 4.74 Å². The average Bonchev–Trinajstić information content (AvgIpc) is 2.86. The summed E-state index contributed by atoms with van der Waals surface area (Å²) in [7, 11) is 0. The number of ether oxygens (including phenoxy) is 1. The Bertz CT molecular complexity index is 431. The van der Waals surface area contributed by atoms with Gasteiger partial charge in [0.25, 0.3) is 5.91 Å². The zero-order valence-electron chi connectivity index (χ0n) is 10.6. The van der Waals surface area contributed by atoms with Gasteiger partial charge in [-0.3, -0.25) is 14.9 Å². The first-order valence-electron chi connectivity index (χ1n) is 5.86. The Kier molecular flexibility index (Phi) is 6.59. The Hall–Kier alpha value is -1.89. The Morgan fingerprint density at radius 3 is 2.79 bits per heavy atom. The summed E-state index contributed by atoms with van der Waals surface area (Å²) in [6.07, 6.45) is 0.899. The third-order valence-corrected chi connectivity index (χ3v) is 2.81. The normalized spacial score (nSPS) is 9.74. The van der Waals surface area contributed by atoms with Crippen LogP contribution in [-0.4, -0.2) is 31.1 Å². The monoisotopic (exact) mass is 284 g/mol. The van der Waals surface area contributed by atoms with Crippen LogP contribution < -0.4 is 10.6 Å². The molecule has 1 aromatic rings. The molecule has 1 heterocycles. The van der Waals surface area contributed by atoms with E-state index in [1.54, 1.807) is 0 Å². The van der Waals surface area contributed by atoms with Gasteiger partial charge in [0.15, 0.2) is 6.61 Å². The van der Waals surface area contributed by atoms with Gasteiger partial charge in [-0.15, -0.1) is 0 Å². The highest BCUT2D eigenvalue weighted by atomic mass is 32.1. The standard InChI is InChI=1S/C12H16N2O4S/c1-2-4-13-12(17)14-10(15)7-18-11(16)6-9-3-5-19-8-9/h3,5,8H,2,4,6-7H2,1H3,(H2,13,14,15,17). The van der Waals surface area contributed by atoms with Crippen LogP contribution in [0.1, 0.15) is 18.9 Å². The van der Waals surface area contributed by atoms with Crippen molar-refractivity contribution in [3.05, 3.63) is 22.4 Å². The Balaban J connectivity index is 2.19. The highest BCUT2D eigenvalue weighted by molar-refractivity contribution is 7.07. The molecule has 0 spiro atoms. The molecule has 0 bridgehead atoms. The van der Waals surface area contributed by atoms with Crippen molar-refractivity contribution in [2.75, 3.05) is 13.2 Å². The van der Waals surface area contributed by atoms with Gasteiger partial charge in [0.1, 0.15) is 0 Å². The molecular formula is C12H16N2O4S. The first kappa shape index (κ1) is 15.2. The van der Waals surface area contributed by atoms with E-state index in [1.165, 1.54) is 11.3 Å². The van der Waals surface area contributed by atoms with E-state index < -0.39 is 24.5 Å². The van der Waals surface area contributed by atoms with Crippen molar-refractivity contribution in [2.24, 2.45) is 0 Å². The van der Waals surface area contributed by atoms with Crippen molar-refractivity contribution in [2.45, 2.75) is 19.8 Å². The number of hydrogen-bond donors (Lipinski definition) is 2. The number of hydrogen-bond acceptors (Lipinski definition) is 5. The van der Waals surface area contributed by atoms with Crippen LogP contribution in [-0.2, 0) is 20.7 Å². The molecule has 2 N–H and O–H groups in total. The summed E-state index contributed by atoms with van der Waals surface area (Å²) >= 11 is 1.48. The van der Waals surface area contributed by atoms with Crippen LogP contribution in [0.2, 0.25) is 0 Å². The fourth-order valence-corrected chi connectivity index (χ4v) is 1.87. The number of urea groups is 1. The Morgan fingerprint density at radius 1 is 1.37 bits per heavy atom. The third-order valence-electron chi connectivity index (χ3n) is 2.08. The largest absolute Gasteiger partial charge is 0.455 e. The Labute approximate surface area is 115 Å². The van der Waals surface area contributed by atoms with E-state index in [2.05, 4.69) is 10.6 Å². The zero-order valence-corrected chi connectivity index (χ0v) is 11.4. The molecule has 0 saturated heterocycles. The van der Waals surface area contributed by atoms with Gasteiger partial charge in [-0.05, 0) is 28.8 Å². The second kappa shape index (κ2) is 8.25. The van der Waals surface area contributed by atoms with Crippen LogP contribution in [0, 0.1) is 0 Å². The summed E-state index contributed by atoms with van der Waals surface area (Å²) in [5.41, 5.74) is 0.844. The van der Waals surface area contributed by atoms with Gasteiger partial charge in [0, 0.05) is 6.54 Å². The molecule has 0 saturated carbocycles. The number of thiophene rings is 1. The molecule has 0 unspecified atom stereocenters. The molecule has 6 nitrogen and oxygen atoms in total. The van der Waals surface area contributed by atoms with Crippen molar-refractivity contribution in [1.29, 1.82) is 0 Å². The predicted octanol–water partition coefficient (Wildman–Crippen LogP) is 1.07. The molecular weight excluding hydrogens is 268 g/mol. The maximum Gasteiger partial charge on any atom is 0.321 e. The number of esters is 1. The van der Waals surface area contributed by atoms with Crippen molar-refractivity contribution in [1.82, 2.24) is 10.6 Å². The first-order chi connectivity index (χ1) is 9.11. The molecule has 1 aromatic heterocycles. The summed E-state index contributed by atoms with van der Waals surface area (Å²) in [4.78, 5) is 33.8. The highest BCUT2D eigenvalue weighted by Crippen LogP contribution is 2.06. The number of carbonyl (C=O) groups is 3. The second-order valence-electron chi connectivity index (χ2n) is 3.77. The van der Waals surface area contributed by atoms with Crippen LogP contribution in [0.4, 0.5) is 4.79 Å². The lowest BCUT2D eigenvalue weighted by atomic mass is 10.2. The minimum Gasteiger partial charge on any atom is -0.455 e. The summed E-state index contributed by atoms with van der Waals surface area (Å²) < 4.78 is 4.76. The number of amides is 3. The van der Waals surface area contributed by atoms with E-state index >= 15 is 0 Å². The number of imide groups is 1. The quantitative estimate of drug-likeness (QED) is 0.765. The van der Waals surface area contributed by atoms with Crippen molar-refractivity contribution >= 4 is 29.2 Å². The summed E-state index contributed by atoms with van der Waals surface area (Å²) in [5.74, 6) is -1.14. The summed E-state index contributed by atoms with van der Waals surface area (Å²) in [6.45, 7) is 1.92. The predicted molar refractivity (Wildman–Crippen MR) is 70.8 cm³/mol. The molecule has 1 rings (SSSR count). The van der Waals surface area contributed by atoms with E-state index in [-0.39, 0.29) is 6.42 Å². The molecule has 7 heteroatoms.